The normalized spacial score (nSPS) is 12.1. The van der Waals surface area contributed by atoms with Gasteiger partial charge in [0.2, 0.25) is 21.8 Å². The van der Waals surface area contributed by atoms with Gasteiger partial charge in [-0.3, -0.25) is 13.9 Å². The van der Waals surface area contributed by atoms with E-state index < -0.39 is 16.1 Å². The van der Waals surface area contributed by atoms with Crippen LogP contribution in [0.1, 0.15) is 50.7 Å². The van der Waals surface area contributed by atoms with E-state index in [1.165, 1.54) is 4.31 Å². The molecule has 0 fully saturated rings. The second kappa shape index (κ2) is 13.5. The predicted octanol–water partition coefficient (Wildman–Crippen LogP) is 4.53. The lowest BCUT2D eigenvalue weighted by Gasteiger charge is -2.31. The topological polar surface area (TPSA) is 86.8 Å². The number of hydrogen-bond donors (Lipinski definition) is 1. The SMILES string of the molecule is CCCNC(=O)C(CC)N(Cc1ccccc1Cl)C(=O)CCCN(c1ccc(C)cc1)S(C)(=O)=O. The van der Waals surface area contributed by atoms with Crippen LogP contribution < -0.4 is 9.62 Å². The number of amides is 2. The molecular formula is C26H36ClN3O4S. The van der Waals surface area contributed by atoms with Crippen molar-refractivity contribution < 1.29 is 18.0 Å². The maximum Gasteiger partial charge on any atom is 0.242 e. The van der Waals surface area contributed by atoms with Crippen molar-refractivity contribution in [2.24, 2.45) is 0 Å². The smallest absolute Gasteiger partial charge is 0.242 e. The highest BCUT2D eigenvalue weighted by atomic mass is 35.5. The first-order valence-electron chi connectivity index (χ1n) is 11.9. The van der Waals surface area contributed by atoms with Crippen molar-refractivity contribution in [1.29, 1.82) is 0 Å². The Hall–Kier alpha value is -2.58. The average molecular weight is 522 g/mol. The molecule has 0 aliphatic heterocycles. The molecule has 0 saturated carbocycles. The first-order chi connectivity index (χ1) is 16.6. The molecule has 0 spiro atoms. The second-order valence-corrected chi connectivity index (χ2v) is 10.9. The van der Waals surface area contributed by atoms with Gasteiger partial charge in [-0.05, 0) is 49.9 Å². The van der Waals surface area contributed by atoms with E-state index in [0.717, 1.165) is 23.8 Å². The molecule has 9 heteroatoms. The minimum Gasteiger partial charge on any atom is -0.354 e. The Labute approximate surface area is 214 Å². The van der Waals surface area contributed by atoms with E-state index in [0.29, 0.717) is 30.1 Å². The summed E-state index contributed by atoms with van der Waals surface area (Å²) in [5.74, 6) is -0.423. The van der Waals surface area contributed by atoms with Gasteiger partial charge in [0.1, 0.15) is 6.04 Å². The number of rotatable bonds is 13. The van der Waals surface area contributed by atoms with Crippen molar-refractivity contribution in [3.8, 4) is 0 Å². The number of halogens is 1. The summed E-state index contributed by atoms with van der Waals surface area (Å²) >= 11 is 6.35. The number of hydrogen-bond acceptors (Lipinski definition) is 4. The van der Waals surface area contributed by atoms with Crippen LogP contribution in [0.5, 0.6) is 0 Å². The van der Waals surface area contributed by atoms with Gasteiger partial charge in [0, 0.05) is 31.1 Å². The number of sulfonamides is 1. The Morgan fingerprint density at radius 3 is 2.29 bits per heavy atom. The molecule has 2 aromatic carbocycles. The first-order valence-corrected chi connectivity index (χ1v) is 14.2. The predicted molar refractivity (Wildman–Crippen MR) is 142 cm³/mol. The molecule has 7 nitrogen and oxygen atoms in total. The molecule has 0 saturated heterocycles. The van der Waals surface area contributed by atoms with Gasteiger partial charge < -0.3 is 10.2 Å². The van der Waals surface area contributed by atoms with Gasteiger partial charge in [0.25, 0.3) is 0 Å². The molecule has 35 heavy (non-hydrogen) atoms. The van der Waals surface area contributed by atoms with E-state index in [1.807, 2.05) is 51.1 Å². The Balaban J connectivity index is 2.20. The summed E-state index contributed by atoms with van der Waals surface area (Å²) in [5, 5.41) is 3.41. The zero-order chi connectivity index (χ0) is 26.0. The minimum absolute atomic E-state index is 0.0971. The molecule has 0 aliphatic rings. The monoisotopic (exact) mass is 521 g/mol. The van der Waals surface area contributed by atoms with Crippen LogP contribution in [0.25, 0.3) is 0 Å². The molecule has 0 bridgehead atoms. The first kappa shape index (κ1) is 28.7. The molecular weight excluding hydrogens is 486 g/mol. The van der Waals surface area contributed by atoms with Crippen molar-refractivity contribution >= 4 is 39.1 Å². The fourth-order valence-corrected chi connectivity index (χ4v) is 4.97. The summed E-state index contributed by atoms with van der Waals surface area (Å²) < 4.78 is 26.1. The lowest BCUT2D eigenvalue weighted by molar-refractivity contribution is -0.141. The zero-order valence-electron chi connectivity index (χ0n) is 21.0. The highest BCUT2D eigenvalue weighted by molar-refractivity contribution is 7.92. The van der Waals surface area contributed by atoms with Crippen LogP contribution in [0, 0.1) is 6.92 Å². The van der Waals surface area contributed by atoms with Crippen LogP contribution in [-0.2, 0) is 26.2 Å². The molecule has 1 atom stereocenters. The standard InChI is InChI=1S/C26H36ClN3O4S/c1-5-17-28-26(32)24(6-2)29(19-21-10-7-8-11-23(21)27)25(31)12-9-18-30(35(4,33)34)22-15-13-20(3)14-16-22/h7-8,10-11,13-16,24H,5-6,9,12,17-19H2,1-4H3,(H,28,32). The van der Waals surface area contributed by atoms with E-state index in [4.69, 9.17) is 11.6 Å². The maximum absolute atomic E-state index is 13.4. The van der Waals surface area contributed by atoms with Gasteiger partial charge in [-0.25, -0.2) is 8.42 Å². The number of benzene rings is 2. The molecule has 0 aliphatic carbocycles. The van der Waals surface area contributed by atoms with Crippen molar-refractivity contribution in [3.05, 3.63) is 64.7 Å². The van der Waals surface area contributed by atoms with Crippen LogP contribution >= 0.6 is 11.6 Å². The van der Waals surface area contributed by atoms with Gasteiger partial charge >= 0.3 is 0 Å². The van der Waals surface area contributed by atoms with E-state index >= 15 is 0 Å². The highest BCUT2D eigenvalue weighted by Gasteiger charge is 2.29. The lowest BCUT2D eigenvalue weighted by atomic mass is 10.1. The maximum atomic E-state index is 13.4. The molecule has 1 N–H and O–H groups in total. The fraction of sp³-hybridized carbons (Fsp3) is 0.462. The molecule has 2 rings (SSSR count). The molecule has 0 heterocycles. The molecule has 0 radical (unpaired) electrons. The summed E-state index contributed by atoms with van der Waals surface area (Å²) in [6.07, 6.45) is 2.81. The van der Waals surface area contributed by atoms with E-state index in [1.54, 1.807) is 23.1 Å². The van der Waals surface area contributed by atoms with Gasteiger partial charge in [-0.1, -0.05) is 61.3 Å². The van der Waals surface area contributed by atoms with Gasteiger partial charge in [0.05, 0.1) is 11.9 Å². The quantitative estimate of drug-likeness (QED) is 0.419. The van der Waals surface area contributed by atoms with Gasteiger partial charge in [0.15, 0.2) is 0 Å². The second-order valence-electron chi connectivity index (χ2n) is 8.60. The molecule has 1 unspecified atom stereocenters. The summed E-state index contributed by atoms with van der Waals surface area (Å²) in [5.41, 5.74) is 2.34. The van der Waals surface area contributed by atoms with E-state index in [2.05, 4.69) is 5.32 Å². The van der Waals surface area contributed by atoms with E-state index in [-0.39, 0.29) is 31.3 Å². The molecule has 2 aromatic rings. The molecule has 2 amide bonds. The lowest BCUT2D eigenvalue weighted by Crippen LogP contribution is -2.49. The Morgan fingerprint density at radius 2 is 1.71 bits per heavy atom. The Kier molecular flexibility index (Phi) is 11.0. The summed E-state index contributed by atoms with van der Waals surface area (Å²) in [4.78, 5) is 27.8. The number of carbonyl (C=O) groups is 2. The van der Waals surface area contributed by atoms with E-state index in [9.17, 15) is 18.0 Å². The third-order valence-corrected chi connectivity index (χ3v) is 7.27. The van der Waals surface area contributed by atoms with Crippen LogP contribution in [0.2, 0.25) is 5.02 Å². The third kappa shape index (κ3) is 8.54. The number of anilines is 1. The third-order valence-electron chi connectivity index (χ3n) is 5.71. The number of carbonyl (C=O) groups excluding carboxylic acids is 2. The van der Waals surface area contributed by atoms with Gasteiger partial charge in [-0.2, -0.15) is 0 Å². The van der Waals surface area contributed by atoms with Crippen LogP contribution in [0.3, 0.4) is 0 Å². The zero-order valence-corrected chi connectivity index (χ0v) is 22.5. The highest BCUT2D eigenvalue weighted by Crippen LogP contribution is 2.22. The average Bonchev–Trinajstić information content (AvgIpc) is 2.81. The van der Waals surface area contributed by atoms with Crippen molar-refractivity contribution in [1.82, 2.24) is 10.2 Å². The largest absolute Gasteiger partial charge is 0.354 e. The molecule has 192 valence electrons. The minimum atomic E-state index is -3.52. The van der Waals surface area contributed by atoms with Crippen LogP contribution in [0.4, 0.5) is 5.69 Å². The summed E-state index contributed by atoms with van der Waals surface area (Å²) in [7, 11) is -3.52. The fourth-order valence-electron chi connectivity index (χ4n) is 3.81. The number of nitrogens with one attached hydrogen (secondary N) is 1. The van der Waals surface area contributed by atoms with Crippen LogP contribution in [0.15, 0.2) is 48.5 Å². The van der Waals surface area contributed by atoms with Crippen LogP contribution in [-0.4, -0.2) is 50.5 Å². The number of nitrogens with zero attached hydrogens (tertiary/aromatic N) is 2. The van der Waals surface area contributed by atoms with Crippen molar-refractivity contribution in [3.63, 3.8) is 0 Å². The summed E-state index contributed by atoms with van der Waals surface area (Å²) in [6, 6.07) is 13.8. The summed E-state index contributed by atoms with van der Waals surface area (Å²) in [6.45, 7) is 6.66. The molecule has 0 aromatic heterocycles. The van der Waals surface area contributed by atoms with Gasteiger partial charge in [-0.15, -0.1) is 0 Å². The Morgan fingerprint density at radius 1 is 1.06 bits per heavy atom. The van der Waals surface area contributed by atoms with Crippen molar-refractivity contribution in [2.75, 3.05) is 23.7 Å². The number of aryl methyl sites for hydroxylation is 1. The van der Waals surface area contributed by atoms with Crippen molar-refractivity contribution in [2.45, 2.75) is 59.0 Å². The Bertz CT molecular complexity index is 1090.